The Kier molecular flexibility index (Phi) is 3.89. The molecule has 1 aliphatic rings. The Labute approximate surface area is 144 Å². The molecule has 0 saturated carbocycles. The smallest absolute Gasteiger partial charge is 0.279 e. The summed E-state index contributed by atoms with van der Waals surface area (Å²) in [4.78, 5) is 22.9. The van der Waals surface area contributed by atoms with Crippen LogP contribution in [0.4, 0.5) is 5.95 Å². The summed E-state index contributed by atoms with van der Waals surface area (Å²) in [5.74, 6) is 0.697. The molecule has 7 heteroatoms. The molecule has 3 heterocycles. The third-order valence-corrected chi connectivity index (χ3v) is 4.01. The van der Waals surface area contributed by atoms with Crippen LogP contribution < -0.4 is 9.64 Å². The zero-order chi connectivity index (χ0) is 17.2. The number of carbonyl (C=O) groups excluding carboxylic acids is 1. The Morgan fingerprint density at radius 3 is 2.80 bits per heavy atom. The number of hydrogen-bond acceptors (Lipinski definition) is 5. The lowest BCUT2D eigenvalue weighted by Gasteiger charge is -2.25. The van der Waals surface area contributed by atoms with Gasteiger partial charge in [-0.1, -0.05) is 30.3 Å². The van der Waals surface area contributed by atoms with E-state index in [1.165, 1.54) is 0 Å². The minimum absolute atomic E-state index is 0.168. The van der Waals surface area contributed by atoms with Crippen molar-refractivity contribution in [3.05, 3.63) is 65.6 Å². The maximum Gasteiger partial charge on any atom is 0.279 e. The number of aryl methyl sites for hydroxylation is 1. The molecule has 0 unspecified atom stereocenters. The first kappa shape index (κ1) is 15.3. The van der Waals surface area contributed by atoms with Crippen molar-refractivity contribution in [3.63, 3.8) is 0 Å². The molecule has 25 heavy (non-hydrogen) atoms. The van der Waals surface area contributed by atoms with Gasteiger partial charge in [0.15, 0.2) is 0 Å². The molecule has 0 atom stereocenters. The average Bonchev–Trinajstić information content (AvgIpc) is 3.05. The van der Waals surface area contributed by atoms with Gasteiger partial charge in [-0.05, 0) is 18.6 Å². The highest BCUT2D eigenvalue weighted by Crippen LogP contribution is 2.21. The number of fused-ring (bicyclic) bond motifs is 1. The number of anilines is 1. The Morgan fingerprint density at radius 2 is 2.00 bits per heavy atom. The van der Waals surface area contributed by atoms with E-state index in [2.05, 4.69) is 15.1 Å². The first-order valence-corrected chi connectivity index (χ1v) is 8.07. The highest BCUT2D eigenvalue weighted by molar-refractivity contribution is 6.04. The van der Waals surface area contributed by atoms with E-state index in [0.29, 0.717) is 37.2 Å². The fourth-order valence-electron chi connectivity index (χ4n) is 2.73. The number of carbonyl (C=O) groups is 1. The van der Waals surface area contributed by atoms with E-state index in [9.17, 15) is 4.79 Å². The quantitative estimate of drug-likeness (QED) is 0.731. The van der Waals surface area contributed by atoms with Gasteiger partial charge in [-0.15, -0.1) is 5.10 Å². The lowest BCUT2D eigenvalue weighted by molar-refractivity contribution is 0.0960. The van der Waals surface area contributed by atoms with Gasteiger partial charge in [0.2, 0.25) is 11.8 Å². The van der Waals surface area contributed by atoms with Gasteiger partial charge in [0, 0.05) is 24.5 Å². The Bertz CT molecular complexity index is 907. The van der Waals surface area contributed by atoms with Crippen molar-refractivity contribution in [2.45, 2.75) is 20.1 Å². The van der Waals surface area contributed by atoms with E-state index in [1.54, 1.807) is 27.9 Å². The molecule has 0 spiro atoms. The minimum Gasteiger partial charge on any atom is -0.472 e. The second-order valence-electron chi connectivity index (χ2n) is 5.82. The molecule has 0 fully saturated rings. The van der Waals surface area contributed by atoms with Crippen molar-refractivity contribution in [1.29, 1.82) is 0 Å². The highest BCUT2D eigenvalue weighted by Gasteiger charge is 2.29. The number of amides is 1. The van der Waals surface area contributed by atoms with Crippen LogP contribution in [-0.4, -0.2) is 32.2 Å². The molecule has 3 aromatic rings. The van der Waals surface area contributed by atoms with Crippen LogP contribution in [-0.2, 0) is 13.2 Å². The molecular formula is C18H17N5O2. The molecular weight excluding hydrogens is 318 g/mol. The summed E-state index contributed by atoms with van der Waals surface area (Å²) in [5.41, 5.74) is 2.36. The summed E-state index contributed by atoms with van der Waals surface area (Å²) < 4.78 is 7.39. The van der Waals surface area contributed by atoms with Crippen molar-refractivity contribution in [2.24, 2.45) is 0 Å². The topological polar surface area (TPSA) is 73.1 Å². The van der Waals surface area contributed by atoms with Gasteiger partial charge in [-0.3, -0.25) is 14.4 Å². The first-order valence-electron chi connectivity index (χ1n) is 8.07. The van der Waals surface area contributed by atoms with Crippen LogP contribution in [0.3, 0.4) is 0 Å². The first-order chi connectivity index (χ1) is 12.2. The van der Waals surface area contributed by atoms with Crippen LogP contribution in [0.5, 0.6) is 5.88 Å². The van der Waals surface area contributed by atoms with Crippen molar-refractivity contribution in [3.8, 4) is 5.88 Å². The van der Waals surface area contributed by atoms with Crippen molar-refractivity contribution < 1.29 is 9.53 Å². The maximum absolute atomic E-state index is 12.7. The Hall–Kier alpha value is -3.22. The Morgan fingerprint density at radius 1 is 1.16 bits per heavy atom. The predicted octanol–water partition coefficient (Wildman–Crippen LogP) is 2.22. The molecule has 0 radical (unpaired) electrons. The molecule has 0 aliphatic carbocycles. The fourth-order valence-corrected chi connectivity index (χ4v) is 2.73. The second-order valence-corrected chi connectivity index (χ2v) is 5.82. The molecule has 0 bridgehead atoms. The van der Waals surface area contributed by atoms with Crippen LogP contribution >= 0.6 is 0 Å². The summed E-state index contributed by atoms with van der Waals surface area (Å²) in [6.45, 7) is 3.34. The summed E-state index contributed by atoms with van der Waals surface area (Å²) in [6.07, 6.45) is 1.66. The molecule has 2 aromatic heterocycles. The van der Waals surface area contributed by atoms with Gasteiger partial charge >= 0.3 is 0 Å². The van der Waals surface area contributed by atoms with Gasteiger partial charge < -0.3 is 4.74 Å². The second kappa shape index (κ2) is 6.35. The van der Waals surface area contributed by atoms with E-state index in [0.717, 1.165) is 11.3 Å². The third-order valence-electron chi connectivity index (χ3n) is 4.01. The summed E-state index contributed by atoms with van der Waals surface area (Å²) in [6, 6.07) is 13.3. The van der Waals surface area contributed by atoms with E-state index in [1.807, 2.05) is 37.3 Å². The summed E-state index contributed by atoms with van der Waals surface area (Å²) in [5, 5.41) is 4.37. The third kappa shape index (κ3) is 3.08. The minimum atomic E-state index is -0.168. The van der Waals surface area contributed by atoms with Crippen LogP contribution in [0.1, 0.15) is 21.7 Å². The molecule has 126 valence electrons. The number of ether oxygens (including phenoxy) is 1. The molecule has 4 rings (SSSR count). The van der Waals surface area contributed by atoms with Crippen molar-refractivity contribution >= 4 is 11.9 Å². The number of rotatable bonds is 4. The monoisotopic (exact) mass is 335 g/mol. The van der Waals surface area contributed by atoms with E-state index >= 15 is 0 Å². The highest BCUT2D eigenvalue weighted by atomic mass is 16.5. The number of benzene rings is 1. The lowest BCUT2D eigenvalue weighted by Crippen LogP contribution is -2.41. The summed E-state index contributed by atoms with van der Waals surface area (Å²) >= 11 is 0. The molecule has 0 N–H and O–H groups in total. The van der Waals surface area contributed by atoms with Crippen LogP contribution in [0, 0.1) is 6.92 Å². The van der Waals surface area contributed by atoms with Crippen LogP contribution in [0.15, 0.2) is 48.7 Å². The molecule has 0 saturated heterocycles. The van der Waals surface area contributed by atoms with Crippen molar-refractivity contribution in [2.75, 3.05) is 11.4 Å². The molecule has 1 amide bonds. The largest absolute Gasteiger partial charge is 0.472 e. The van der Waals surface area contributed by atoms with Crippen LogP contribution in [0.25, 0.3) is 0 Å². The van der Waals surface area contributed by atoms with Gasteiger partial charge in [-0.25, -0.2) is 9.97 Å². The normalized spacial score (nSPS) is 13.6. The predicted molar refractivity (Wildman–Crippen MR) is 91.4 cm³/mol. The van der Waals surface area contributed by atoms with E-state index < -0.39 is 0 Å². The zero-order valence-corrected chi connectivity index (χ0v) is 13.8. The van der Waals surface area contributed by atoms with Crippen LogP contribution in [0.2, 0.25) is 0 Å². The lowest BCUT2D eigenvalue weighted by atomic mass is 10.2. The molecule has 1 aliphatic heterocycles. The molecule has 1 aromatic carbocycles. The number of aromatic nitrogens is 4. The average molecular weight is 335 g/mol. The maximum atomic E-state index is 12.7. The Balaban J connectivity index is 1.53. The van der Waals surface area contributed by atoms with E-state index in [-0.39, 0.29) is 5.91 Å². The molecule has 7 nitrogen and oxygen atoms in total. The SMILES string of the molecule is Cc1ccnc(N2CCn3nc(OCc4ccccc4)cc3C2=O)n1. The number of hydrogen-bond donors (Lipinski definition) is 0. The standard InChI is InChI=1S/C18H17N5O2/c1-13-7-8-19-18(20-13)22-9-10-23-15(17(22)24)11-16(21-23)25-12-14-5-3-2-4-6-14/h2-8,11H,9-10,12H2,1H3. The van der Waals surface area contributed by atoms with Gasteiger partial charge in [0.1, 0.15) is 12.3 Å². The fraction of sp³-hybridized carbons (Fsp3) is 0.222. The van der Waals surface area contributed by atoms with Gasteiger partial charge in [0.25, 0.3) is 5.91 Å². The summed E-state index contributed by atoms with van der Waals surface area (Å²) in [7, 11) is 0. The zero-order valence-electron chi connectivity index (χ0n) is 13.8. The van der Waals surface area contributed by atoms with E-state index in [4.69, 9.17) is 4.74 Å². The van der Waals surface area contributed by atoms with Crippen molar-refractivity contribution in [1.82, 2.24) is 19.7 Å². The van der Waals surface area contributed by atoms with Gasteiger partial charge in [0.05, 0.1) is 6.54 Å². The van der Waals surface area contributed by atoms with Gasteiger partial charge in [-0.2, -0.15) is 0 Å². The number of nitrogens with zero attached hydrogens (tertiary/aromatic N) is 5.